The number of rotatable bonds is 3. The fourth-order valence-corrected chi connectivity index (χ4v) is 2.30. The Hall–Kier alpha value is -1.81. The summed E-state index contributed by atoms with van der Waals surface area (Å²) in [6.07, 6.45) is 0. The Morgan fingerprint density at radius 2 is 1.85 bits per heavy atom. The largest absolute Gasteiger partial charge is 0.398 e. The van der Waals surface area contributed by atoms with Crippen LogP contribution in [0.25, 0.3) is 0 Å². The average Bonchev–Trinajstić information content (AvgIpc) is 2.42. The van der Waals surface area contributed by atoms with Gasteiger partial charge in [-0.2, -0.15) is 0 Å². The summed E-state index contributed by atoms with van der Waals surface area (Å²) in [4.78, 5) is 12.3. The van der Waals surface area contributed by atoms with Gasteiger partial charge in [0, 0.05) is 10.2 Å². The van der Waals surface area contributed by atoms with Crippen LogP contribution >= 0.6 is 15.9 Å². The topological polar surface area (TPSA) is 55.1 Å². The van der Waals surface area contributed by atoms with E-state index in [1.807, 2.05) is 44.2 Å². The minimum atomic E-state index is -0.170. The van der Waals surface area contributed by atoms with Crippen LogP contribution < -0.4 is 11.1 Å². The Labute approximate surface area is 127 Å². The van der Waals surface area contributed by atoms with Gasteiger partial charge in [0.15, 0.2) is 0 Å². The van der Waals surface area contributed by atoms with Crippen LogP contribution in [-0.4, -0.2) is 5.91 Å². The van der Waals surface area contributed by atoms with E-state index in [9.17, 15) is 4.79 Å². The van der Waals surface area contributed by atoms with Crippen LogP contribution in [0.15, 0.2) is 46.9 Å². The summed E-state index contributed by atoms with van der Waals surface area (Å²) < 4.78 is 0.833. The Balaban J connectivity index is 2.15. The van der Waals surface area contributed by atoms with Gasteiger partial charge in [-0.25, -0.2) is 0 Å². The van der Waals surface area contributed by atoms with Crippen molar-refractivity contribution in [2.75, 3.05) is 5.73 Å². The number of amides is 1. The van der Waals surface area contributed by atoms with Gasteiger partial charge in [0.05, 0.1) is 11.6 Å². The maximum atomic E-state index is 12.3. The number of nitrogens with one attached hydrogen (secondary N) is 1. The molecule has 4 heteroatoms. The molecule has 0 aliphatic carbocycles. The number of carbonyl (C=O) groups is 1. The zero-order chi connectivity index (χ0) is 14.7. The lowest BCUT2D eigenvalue weighted by molar-refractivity contribution is 0.0940. The number of nitrogens with two attached hydrogens (primary N) is 1. The highest BCUT2D eigenvalue weighted by atomic mass is 79.9. The molecule has 0 aliphatic heterocycles. The molecule has 0 bridgehead atoms. The van der Waals surface area contributed by atoms with E-state index in [-0.39, 0.29) is 11.9 Å². The zero-order valence-electron chi connectivity index (χ0n) is 11.5. The first-order valence-electron chi connectivity index (χ1n) is 6.40. The average molecular weight is 333 g/mol. The Kier molecular flexibility index (Phi) is 4.45. The van der Waals surface area contributed by atoms with Crippen LogP contribution in [0.1, 0.15) is 34.5 Å². The van der Waals surface area contributed by atoms with Gasteiger partial charge in [-0.1, -0.05) is 45.8 Å². The molecule has 104 valence electrons. The predicted molar refractivity (Wildman–Crippen MR) is 85.6 cm³/mol. The van der Waals surface area contributed by atoms with Crippen LogP contribution in [-0.2, 0) is 0 Å². The van der Waals surface area contributed by atoms with Crippen LogP contribution in [0.4, 0.5) is 5.69 Å². The van der Waals surface area contributed by atoms with Crippen molar-refractivity contribution in [2.45, 2.75) is 19.9 Å². The molecule has 2 aromatic rings. The van der Waals surface area contributed by atoms with Crippen molar-refractivity contribution in [3.8, 4) is 0 Å². The van der Waals surface area contributed by atoms with E-state index in [0.717, 1.165) is 10.0 Å². The van der Waals surface area contributed by atoms with E-state index >= 15 is 0 Å². The third-order valence-corrected chi connectivity index (χ3v) is 3.68. The van der Waals surface area contributed by atoms with Crippen LogP contribution in [0, 0.1) is 6.92 Å². The van der Waals surface area contributed by atoms with Crippen LogP contribution in [0.5, 0.6) is 0 Å². The molecule has 0 aliphatic rings. The molecule has 2 rings (SSSR count). The highest BCUT2D eigenvalue weighted by Gasteiger charge is 2.14. The Bertz CT molecular complexity index is 623. The summed E-state index contributed by atoms with van der Waals surface area (Å²) in [7, 11) is 0. The third-order valence-electron chi connectivity index (χ3n) is 3.18. The summed E-state index contributed by atoms with van der Waals surface area (Å²) in [5.74, 6) is -0.170. The standard InChI is InChI=1S/C16H17BrN2O/c1-10-3-5-12(6-4-10)11(2)19-16(20)14-9-13(17)7-8-15(14)18/h3-9,11H,18H2,1-2H3,(H,19,20)/t11-/m0/s1. The minimum Gasteiger partial charge on any atom is -0.398 e. The van der Waals surface area contributed by atoms with E-state index in [4.69, 9.17) is 5.73 Å². The van der Waals surface area contributed by atoms with Gasteiger partial charge < -0.3 is 11.1 Å². The van der Waals surface area contributed by atoms with Gasteiger partial charge in [-0.3, -0.25) is 4.79 Å². The highest BCUT2D eigenvalue weighted by molar-refractivity contribution is 9.10. The van der Waals surface area contributed by atoms with Gasteiger partial charge in [0.1, 0.15) is 0 Å². The number of hydrogen-bond acceptors (Lipinski definition) is 2. The second-order valence-corrected chi connectivity index (χ2v) is 5.75. The van der Waals surface area contributed by atoms with Gasteiger partial charge in [0.2, 0.25) is 0 Å². The summed E-state index contributed by atoms with van der Waals surface area (Å²) in [5.41, 5.74) is 9.07. The first-order valence-corrected chi connectivity index (χ1v) is 7.19. The molecular formula is C16H17BrN2O. The van der Waals surface area contributed by atoms with Crippen molar-refractivity contribution in [1.82, 2.24) is 5.32 Å². The van der Waals surface area contributed by atoms with Gasteiger partial charge in [0.25, 0.3) is 5.91 Å². The number of halogens is 1. The fraction of sp³-hybridized carbons (Fsp3) is 0.188. The molecule has 0 spiro atoms. The van der Waals surface area contributed by atoms with Crippen molar-refractivity contribution < 1.29 is 4.79 Å². The monoisotopic (exact) mass is 332 g/mol. The fourth-order valence-electron chi connectivity index (χ4n) is 1.94. The van der Waals surface area contributed by atoms with Crippen LogP contribution in [0.3, 0.4) is 0 Å². The maximum Gasteiger partial charge on any atom is 0.253 e. The minimum absolute atomic E-state index is 0.0681. The van der Waals surface area contributed by atoms with E-state index in [1.54, 1.807) is 12.1 Å². The molecule has 3 nitrogen and oxygen atoms in total. The Morgan fingerprint density at radius 1 is 1.20 bits per heavy atom. The molecule has 2 aromatic carbocycles. The number of aryl methyl sites for hydroxylation is 1. The summed E-state index contributed by atoms with van der Waals surface area (Å²) in [6.45, 7) is 3.99. The van der Waals surface area contributed by atoms with Crippen molar-refractivity contribution >= 4 is 27.5 Å². The van der Waals surface area contributed by atoms with E-state index in [1.165, 1.54) is 5.56 Å². The normalized spacial score (nSPS) is 11.9. The second kappa shape index (κ2) is 6.09. The molecule has 0 radical (unpaired) electrons. The molecule has 1 amide bonds. The quantitative estimate of drug-likeness (QED) is 0.839. The summed E-state index contributed by atoms with van der Waals surface area (Å²) >= 11 is 3.35. The molecule has 0 aromatic heterocycles. The first-order chi connectivity index (χ1) is 9.47. The molecule has 0 saturated heterocycles. The molecule has 0 saturated carbocycles. The van der Waals surface area contributed by atoms with E-state index in [2.05, 4.69) is 21.2 Å². The van der Waals surface area contributed by atoms with Crippen molar-refractivity contribution in [2.24, 2.45) is 0 Å². The molecule has 0 fully saturated rings. The van der Waals surface area contributed by atoms with Gasteiger partial charge in [-0.15, -0.1) is 0 Å². The smallest absolute Gasteiger partial charge is 0.253 e. The maximum absolute atomic E-state index is 12.3. The summed E-state index contributed by atoms with van der Waals surface area (Å²) in [5, 5.41) is 2.96. The molecule has 20 heavy (non-hydrogen) atoms. The molecular weight excluding hydrogens is 316 g/mol. The predicted octanol–water partition coefficient (Wildman–Crippen LogP) is 3.83. The lowest BCUT2D eigenvalue weighted by Crippen LogP contribution is -2.27. The van der Waals surface area contributed by atoms with Crippen LogP contribution in [0.2, 0.25) is 0 Å². The van der Waals surface area contributed by atoms with Crippen molar-refractivity contribution in [3.05, 3.63) is 63.6 Å². The third kappa shape index (κ3) is 3.39. The summed E-state index contributed by atoms with van der Waals surface area (Å²) in [6, 6.07) is 13.3. The number of nitrogen functional groups attached to an aromatic ring is 1. The second-order valence-electron chi connectivity index (χ2n) is 4.84. The van der Waals surface area contributed by atoms with Crippen molar-refractivity contribution in [1.29, 1.82) is 0 Å². The number of carbonyl (C=O) groups excluding carboxylic acids is 1. The molecule has 3 N–H and O–H groups in total. The molecule has 0 heterocycles. The first kappa shape index (κ1) is 14.6. The SMILES string of the molecule is Cc1ccc([C@H](C)NC(=O)c2cc(Br)ccc2N)cc1. The van der Waals surface area contributed by atoms with Gasteiger partial charge >= 0.3 is 0 Å². The number of anilines is 1. The number of hydrogen-bond donors (Lipinski definition) is 2. The number of benzene rings is 2. The highest BCUT2D eigenvalue weighted by Crippen LogP contribution is 2.20. The zero-order valence-corrected chi connectivity index (χ0v) is 13.1. The van der Waals surface area contributed by atoms with Crippen molar-refractivity contribution in [3.63, 3.8) is 0 Å². The lowest BCUT2D eigenvalue weighted by atomic mass is 10.1. The van der Waals surface area contributed by atoms with E-state index in [0.29, 0.717) is 11.3 Å². The lowest BCUT2D eigenvalue weighted by Gasteiger charge is -2.15. The molecule has 0 unspecified atom stereocenters. The van der Waals surface area contributed by atoms with Gasteiger partial charge in [-0.05, 0) is 37.6 Å². The Morgan fingerprint density at radius 3 is 2.50 bits per heavy atom. The van der Waals surface area contributed by atoms with E-state index < -0.39 is 0 Å². The molecule has 1 atom stereocenters.